The van der Waals surface area contributed by atoms with Crippen LogP contribution in [-0.4, -0.2) is 24.6 Å². The molecule has 0 fully saturated rings. The van der Waals surface area contributed by atoms with Crippen molar-refractivity contribution in [1.29, 1.82) is 0 Å². The zero-order valence-corrected chi connectivity index (χ0v) is 11.2. The molecule has 1 aromatic rings. The van der Waals surface area contributed by atoms with Gasteiger partial charge in [0.25, 0.3) is 0 Å². The van der Waals surface area contributed by atoms with Crippen molar-refractivity contribution in [2.24, 2.45) is 11.7 Å². The molecule has 100 valence electrons. The van der Waals surface area contributed by atoms with E-state index in [1.165, 1.54) is 7.11 Å². The Bertz CT molecular complexity index is 405. The molecule has 0 aliphatic rings. The molecule has 0 saturated carbocycles. The number of hydrogen-bond donors (Lipinski definition) is 2. The van der Waals surface area contributed by atoms with E-state index in [2.05, 4.69) is 24.1 Å². The average molecular weight is 251 g/mol. The third-order valence-corrected chi connectivity index (χ3v) is 2.54. The van der Waals surface area contributed by atoms with Gasteiger partial charge in [-0.2, -0.15) is 0 Å². The second-order valence-corrected chi connectivity index (χ2v) is 4.54. The molecule has 0 spiro atoms. The van der Waals surface area contributed by atoms with Crippen molar-refractivity contribution >= 4 is 11.8 Å². The normalized spacial score (nSPS) is 10.5. The predicted molar refractivity (Wildman–Crippen MR) is 71.4 cm³/mol. The fraction of sp³-hybridized carbons (Fsp3) is 0.538. The number of nitrogens with zero attached hydrogens (tertiary/aromatic N) is 1. The first-order valence-electron chi connectivity index (χ1n) is 6.10. The number of esters is 1. The Morgan fingerprint density at radius 2 is 2.22 bits per heavy atom. The number of nitrogens with one attached hydrogen (secondary N) is 1. The minimum atomic E-state index is -0.376. The monoisotopic (exact) mass is 251 g/mol. The van der Waals surface area contributed by atoms with Gasteiger partial charge in [0.15, 0.2) is 0 Å². The molecule has 5 heteroatoms. The van der Waals surface area contributed by atoms with Crippen LogP contribution in [0.5, 0.6) is 0 Å². The van der Waals surface area contributed by atoms with Crippen molar-refractivity contribution in [2.45, 2.75) is 26.8 Å². The van der Waals surface area contributed by atoms with Gasteiger partial charge in [0.2, 0.25) is 0 Å². The summed E-state index contributed by atoms with van der Waals surface area (Å²) in [4.78, 5) is 15.8. The van der Waals surface area contributed by atoms with E-state index in [0.717, 1.165) is 13.0 Å². The van der Waals surface area contributed by atoms with Crippen LogP contribution >= 0.6 is 0 Å². The summed E-state index contributed by atoms with van der Waals surface area (Å²) in [5.41, 5.74) is 6.71. The van der Waals surface area contributed by atoms with Crippen LogP contribution in [-0.2, 0) is 11.3 Å². The van der Waals surface area contributed by atoms with Gasteiger partial charge in [0, 0.05) is 13.1 Å². The second kappa shape index (κ2) is 6.96. The number of rotatable bonds is 6. The molecule has 0 bridgehead atoms. The maximum absolute atomic E-state index is 11.5. The van der Waals surface area contributed by atoms with E-state index >= 15 is 0 Å². The molecule has 1 aromatic heterocycles. The largest absolute Gasteiger partial charge is 0.465 e. The number of hydrogen-bond acceptors (Lipinski definition) is 5. The molecule has 0 aliphatic heterocycles. The zero-order valence-electron chi connectivity index (χ0n) is 11.2. The Morgan fingerprint density at radius 3 is 2.78 bits per heavy atom. The van der Waals surface area contributed by atoms with Crippen LogP contribution in [0.15, 0.2) is 12.1 Å². The van der Waals surface area contributed by atoms with Crippen LogP contribution in [0.3, 0.4) is 0 Å². The minimum absolute atomic E-state index is 0.295. The van der Waals surface area contributed by atoms with Gasteiger partial charge in [-0.1, -0.05) is 13.8 Å². The Hall–Kier alpha value is -1.62. The summed E-state index contributed by atoms with van der Waals surface area (Å²) in [6.45, 7) is 5.43. The van der Waals surface area contributed by atoms with Crippen LogP contribution in [0, 0.1) is 5.92 Å². The molecular formula is C13H21N3O2. The Morgan fingerprint density at radius 1 is 1.50 bits per heavy atom. The summed E-state index contributed by atoms with van der Waals surface area (Å²) >= 11 is 0. The van der Waals surface area contributed by atoms with Crippen LogP contribution in [0.1, 0.15) is 36.3 Å². The summed E-state index contributed by atoms with van der Waals surface area (Å²) in [6.07, 6.45) is 1.04. The first kappa shape index (κ1) is 14.4. The van der Waals surface area contributed by atoms with Crippen LogP contribution in [0.2, 0.25) is 0 Å². The number of carbonyl (C=O) groups is 1. The molecule has 0 aromatic carbocycles. The van der Waals surface area contributed by atoms with E-state index < -0.39 is 0 Å². The van der Waals surface area contributed by atoms with Crippen molar-refractivity contribution < 1.29 is 9.53 Å². The van der Waals surface area contributed by atoms with Gasteiger partial charge in [0.1, 0.15) is 5.82 Å². The van der Waals surface area contributed by atoms with Crippen LogP contribution in [0.4, 0.5) is 5.82 Å². The second-order valence-electron chi connectivity index (χ2n) is 4.54. The molecule has 3 N–H and O–H groups in total. The highest BCUT2D eigenvalue weighted by Gasteiger charge is 2.09. The lowest BCUT2D eigenvalue weighted by molar-refractivity contribution is 0.0600. The summed E-state index contributed by atoms with van der Waals surface area (Å²) in [7, 11) is 1.36. The van der Waals surface area contributed by atoms with Gasteiger partial charge in [-0.15, -0.1) is 0 Å². The van der Waals surface area contributed by atoms with Crippen molar-refractivity contribution in [3.63, 3.8) is 0 Å². The molecule has 0 aliphatic carbocycles. The van der Waals surface area contributed by atoms with E-state index in [4.69, 9.17) is 10.5 Å². The van der Waals surface area contributed by atoms with E-state index in [0.29, 0.717) is 29.5 Å². The molecule has 0 unspecified atom stereocenters. The lowest BCUT2D eigenvalue weighted by atomic mass is 10.1. The maximum atomic E-state index is 11.5. The van der Waals surface area contributed by atoms with E-state index in [1.807, 2.05) is 0 Å². The highest BCUT2D eigenvalue weighted by molar-refractivity contribution is 5.90. The van der Waals surface area contributed by atoms with Gasteiger partial charge < -0.3 is 15.8 Å². The van der Waals surface area contributed by atoms with Crippen LogP contribution in [0.25, 0.3) is 0 Å². The molecule has 0 atom stereocenters. The molecular weight excluding hydrogens is 230 g/mol. The number of anilines is 1. The van der Waals surface area contributed by atoms with Crippen molar-refractivity contribution in [3.8, 4) is 0 Å². The predicted octanol–water partition coefficient (Wildman–Crippen LogP) is 1.78. The van der Waals surface area contributed by atoms with Crippen molar-refractivity contribution in [2.75, 3.05) is 19.0 Å². The average Bonchev–Trinajstić information content (AvgIpc) is 2.36. The number of nitrogens with two attached hydrogens (primary N) is 1. The number of pyridine rings is 1. The fourth-order valence-electron chi connectivity index (χ4n) is 1.51. The van der Waals surface area contributed by atoms with Gasteiger partial charge in [0.05, 0.1) is 18.4 Å². The molecule has 5 nitrogen and oxygen atoms in total. The van der Waals surface area contributed by atoms with Crippen molar-refractivity contribution in [1.82, 2.24) is 4.98 Å². The summed E-state index contributed by atoms with van der Waals surface area (Å²) < 4.78 is 4.70. The van der Waals surface area contributed by atoms with E-state index in [-0.39, 0.29) is 5.97 Å². The number of ether oxygens (including phenoxy) is 1. The van der Waals surface area contributed by atoms with Crippen LogP contribution < -0.4 is 11.1 Å². The van der Waals surface area contributed by atoms with Gasteiger partial charge >= 0.3 is 5.97 Å². The first-order chi connectivity index (χ1) is 8.56. The molecule has 0 radical (unpaired) electrons. The molecule has 0 saturated heterocycles. The van der Waals surface area contributed by atoms with Gasteiger partial charge in [-0.25, -0.2) is 9.78 Å². The quantitative estimate of drug-likeness (QED) is 0.754. The fourth-order valence-corrected chi connectivity index (χ4v) is 1.51. The number of carbonyl (C=O) groups excluding carboxylic acids is 1. The minimum Gasteiger partial charge on any atom is -0.465 e. The lowest BCUT2D eigenvalue weighted by Gasteiger charge is -2.10. The smallest absolute Gasteiger partial charge is 0.338 e. The SMILES string of the molecule is COC(=O)c1cc(CN)nc(NCCC(C)C)c1. The van der Waals surface area contributed by atoms with Gasteiger partial charge in [-0.3, -0.25) is 0 Å². The Kier molecular flexibility index (Phi) is 5.58. The highest BCUT2D eigenvalue weighted by atomic mass is 16.5. The summed E-state index contributed by atoms with van der Waals surface area (Å²) in [6, 6.07) is 3.34. The third-order valence-electron chi connectivity index (χ3n) is 2.54. The zero-order chi connectivity index (χ0) is 13.5. The molecule has 1 rings (SSSR count). The van der Waals surface area contributed by atoms with E-state index in [1.54, 1.807) is 12.1 Å². The van der Waals surface area contributed by atoms with Crippen molar-refractivity contribution in [3.05, 3.63) is 23.4 Å². The molecule has 0 amide bonds. The lowest BCUT2D eigenvalue weighted by Crippen LogP contribution is -2.11. The number of aromatic nitrogens is 1. The van der Waals surface area contributed by atoms with Gasteiger partial charge in [-0.05, 0) is 24.5 Å². The standard InChI is InChI=1S/C13H21N3O2/c1-9(2)4-5-15-12-7-10(13(17)18-3)6-11(8-14)16-12/h6-7,9H,4-5,8,14H2,1-3H3,(H,15,16). The first-order valence-corrected chi connectivity index (χ1v) is 6.10. The third kappa shape index (κ3) is 4.33. The molecule has 18 heavy (non-hydrogen) atoms. The summed E-state index contributed by atoms with van der Waals surface area (Å²) in [5.74, 6) is 0.910. The molecule has 1 heterocycles. The number of methoxy groups -OCH3 is 1. The topological polar surface area (TPSA) is 77.2 Å². The van der Waals surface area contributed by atoms with E-state index in [9.17, 15) is 4.79 Å². The Balaban J connectivity index is 2.80. The Labute approximate surface area is 108 Å². The maximum Gasteiger partial charge on any atom is 0.338 e. The highest BCUT2D eigenvalue weighted by Crippen LogP contribution is 2.12. The summed E-state index contributed by atoms with van der Waals surface area (Å²) in [5, 5.41) is 3.20.